The van der Waals surface area contributed by atoms with Crippen molar-refractivity contribution in [3.63, 3.8) is 0 Å². The molecule has 1 unspecified atom stereocenters. The van der Waals surface area contributed by atoms with E-state index in [-0.39, 0.29) is 46.8 Å². The van der Waals surface area contributed by atoms with Crippen molar-refractivity contribution in [3.05, 3.63) is 63.2 Å². The number of allylic oxidation sites excluding steroid dienone is 3. The quantitative estimate of drug-likeness (QED) is 0.120. The van der Waals surface area contributed by atoms with Crippen molar-refractivity contribution in [2.45, 2.75) is 20.3 Å². The first-order valence-electron chi connectivity index (χ1n) is 8.54. The highest BCUT2D eigenvalue weighted by Gasteiger charge is 2.18. The van der Waals surface area contributed by atoms with Crippen LogP contribution in [0.5, 0.6) is 0 Å². The third-order valence-corrected chi connectivity index (χ3v) is 3.85. The lowest BCUT2D eigenvalue weighted by molar-refractivity contribution is -0.384. The van der Waals surface area contributed by atoms with Crippen LogP contribution in [0.15, 0.2) is 47.5 Å². The number of esters is 1. The molecule has 0 amide bonds. The number of ketones is 1. The fourth-order valence-corrected chi connectivity index (χ4v) is 2.29. The fourth-order valence-electron chi connectivity index (χ4n) is 2.10. The maximum absolute atomic E-state index is 12.4. The van der Waals surface area contributed by atoms with E-state index in [9.17, 15) is 19.7 Å². The summed E-state index contributed by atoms with van der Waals surface area (Å²) in [7, 11) is 0. The molecule has 0 radical (unpaired) electrons. The molecule has 0 aliphatic rings. The van der Waals surface area contributed by atoms with Crippen LogP contribution in [0, 0.1) is 16.0 Å². The van der Waals surface area contributed by atoms with Crippen LogP contribution in [-0.4, -0.2) is 35.7 Å². The van der Waals surface area contributed by atoms with Crippen molar-refractivity contribution in [1.82, 2.24) is 0 Å². The normalized spacial score (nSPS) is 13.0. The first-order valence-corrected chi connectivity index (χ1v) is 8.92. The van der Waals surface area contributed by atoms with E-state index >= 15 is 0 Å². The summed E-state index contributed by atoms with van der Waals surface area (Å²) in [4.78, 5) is 37.9. The van der Waals surface area contributed by atoms with Gasteiger partial charge in [-0.1, -0.05) is 36.8 Å². The number of halogens is 1. The van der Waals surface area contributed by atoms with E-state index in [0.717, 1.165) is 0 Å². The lowest BCUT2D eigenvalue weighted by Crippen LogP contribution is -2.11. The van der Waals surface area contributed by atoms with Gasteiger partial charge in [0.15, 0.2) is 5.78 Å². The number of benzene rings is 1. The number of carbonyl (C=O) groups is 2. The van der Waals surface area contributed by atoms with E-state index < -0.39 is 10.8 Å². The van der Waals surface area contributed by atoms with Crippen LogP contribution in [-0.2, 0) is 9.53 Å². The van der Waals surface area contributed by atoms with Crippen LogP contribution in [0.25, 0.3) is 0 Å². The molecule has 0 aliphatic heterocycles. The zero-order valence-electron chi connectivity index (χ0n) is 15.6. The summed E-state index contributed by atoms with van der Waals surface area (Å²) in [5.41, 5.74) is 5.59. The van der Waals surface area contributed by atoms with Crippen LogP contribution in [0.3, 0.4) is 0 Å². The molecule has 0 fully saturated rings. The van der Waals surface area contributed by atoms with Gasteiger partial charge < -0.3 is 10.5 Å². The van der Waals surface area contributed by atoms with Gasteiger partial charge in [-0.3, -0.25) is 24.7 Å². The number of hydrogen-bond donors (Lipinski definition) is 1. The average Bonchev–Trinajstić information content (AvgIpc) is 2.64. The second-order valence-electron chi connectivity index (χ2n) is 5.68. The van der Waals surface area contributed by atoms with Crippen molar-refractivity contribution in [3.8, 4) is 0 Å². The molecule has 2 N–H and O–H groups in total. The lowest BCUT2D eigenvalue weighted by Gasteiger charge is -2.05. The molecule has 9 heteroatoms. The first-order chi connectivity index (χ1) is 13.3. The van der Waals surface area contributed by atoms with E-state index in [2.05, 4.69) is 4.99 Å². The maximum atomic E-state index is 12.4. The van der Waals surface area contributed by atoms with Gasteiger partial charge in [0.2, 0.25) is 0 Å². The minimum atomic E-state index is -0.633. The Balaban J connectivity index is 2.63. The number of carbonyl (C=O) groups excluding carboxylic acids is 2. The maximum Gasteiger partial charge on any atom is 0.307 e. The third-order valence-electron chi connectivity index (χ3n) is 3.53. The number of nitrogens with two attached hydrogens (primary N) is 1. The summed E-state index contributed by atoms with van der Waals surface area (Å²) in [6.45, 7) is 3.94. The van der Waals surface area contributed by atoms with Gasteiger partial charge in [-0.15, -0.1) is 0 Å². The van der Waals surface area contributed by atoms with E-state index in [1.54, 1.807) is 32.1 Å². The smallest absolute Gasteiger partial charge is 0.307 e. The van der Waals surface area contributed by atoms with Crippen LogP contribution in [0.1, 0.15) is 30.6 Å². The predicted octanol–water partition coefficient (Wildman–Crippen LogP) is 3.49. The van der Waals surface area contributed by atoms with Crippen molar-refractivity contribution in [2.75, 3.05) is 13.2 Å². The van der Waals surface area contributed by atoms with Gasteiger partial charge >= 0.3 is 5.97 Å². The number of amidine groups is 1. The van der Waals surface area contributed by atoms with Gasteiger partial charge in [-0.25, -0.2) is 0 Å². The molecule has 1 atom stereocenters. The van der Waals surface area contributed by atoms with E-state index in [4.69, 9.17) is 22.1 Å². The van der Waals surface area contributed by atoms with Crippen LogP contribution < -0.4 is 5.73 Å². The largest absolute Gasteiger partial charge is 0.466 e. The molecule has 0 aliphatic carbocycles. The van der Waals surface area contributed by atoms with Crippen molar-refractivity contribution in [1.29, 1.82) is 0 Å². The molecule has 0 heterocycles. The average molecular weight is 408 g/mol. The molecular weight excluding hydrogens is 386 g/mol. The summed E-state index contributed by atoms with van der Waals surface area (Å²) in [5, 5.41) is 10.9. The van der Waals surface area contributed by atoms with E-state index in [1.165, 1.54) is 24.3 Å². The minimum Gasteiger partial charge on any atom is -0.466 e. The van der Waals surface area contributed by atoms with Gasteiger partial charge in [0.25, 0.3) is 5.69 Å². The van der Waals surface area contributed by atoms with Crippen molar-refractivity contribution < 1.29 is 19.2 Å². The van der Waals surface area contributed by atoms with Crippen LogP contribution >= 0.6 is 11.6 Å². The number of nitro groups is 1. The van der Waals surface area contributed by atoms with E-state index in [1.807, 2.05) is 0 Å². The molecule has 1 rings (SSSR count). The highest BCUT2D eigenvalue weighted by molar-refractivity contribution is 6.32. The van der Waals surface area contributed by atoms with Gasteiger partial charge in [0, 0.05) is 17.5 Å². The Morgan fingerprint density at radius 3 is 2.75 bits per heavy atom. The highest BCUT2D eigenvalue weighted by atomic mass is 35.5. The SMILES string of the molecule is CCOC(=O)CCN=C(N)/C=C\C=C\C(C)C(=O)c1ccc(Cl)c([N+](=O)[O-])c1. The number of nitro benzene ring substituents is 1. The second kappa shape index (κ2) is 11.7. The Hall–Kier alpha value is -3.00. The molecule has 0 saturated heterocycles. The Labute approximate surface area is 167 Å². The van der Waals surface area contributed by atoms with Crippen LogP contribution in [0.2, 0.25) is 5.02 Å². The monoisotopic (exact) mass is 407 g/mol. The number of nitrogens with zero attached hydrogens (tertiary/aromatic N) is 2. The molecule has 0 spiro atoms. The molecule has 150 valence electrons. The number of Topliss-reactive ketones (excluding diaryl/α,β-unsaturated/α-hetero) is 1. The molecule has 1 aromatic rings. The number of hydrogen-bond acceptors (Lipinski definition) is 6. The predicted molar refractivity (Wildman–Crippen MR) is 108 cm³/mol. The number of ether oxygens (including phenoxy) is 1. The lowest BCUT2D eigenvalue weighted by atomic mass is 9.98. The molecule has 28 heavy (non-hydrogen) atoms. The van der Waals surface area contributed by atoms with E-state index in [0.29, 0.717) is 6.61 Å². The zero-order valence-corrected chi connectivity index (χ0v) is 16.4. The first kappa shape index (κ1) is 23.0. The van der Waals surface area contributed by atoms with Crippen molar-refractivity contribution >= 4 is 34.9 Å². The minimum absolute atomic E-state index is 0.0228. The van der Waals surface area contributed by atoms with Gasteiger partial charge in [0.1, 0.15) is 10.9 Å². The molecule has 0 saturated carbocycles. The standard InChI is InChI=1S/C19H22ClN3O5/c1-3-28-18(24)10-11-22-17(21)7-5-4-6-13(2)19(25)14-8-9-15(20)16(12-14)23(26)27/h4-9,12-13H,3,10-11H2,1-2H3,(H2,21,22)/b6-4+,7-5-. The summed E-state index contributed by atoms with van der Waals surface area (Å²) in [6.07, 6.45) is 6.55. The molecule has 8 nitrogen and oxygen atoms in total. The second-order valence-corrected chi connectivity index (χ2v) is 6.09. The number of rotatable bonds is 10. The van der Waals surface area contributed by atoms with Crippen LogP contribution in [0.4, 0.5) is 5.69 Å². The molecule has 1 aromatic carbocycles. The summed E-state index contributed by atoms with van der Waals surface area (Å²) in [6, 6.07) is 3.95. The fraction of sp³-hybridized carbons (Fsp3) is 0.316. The molecule has 0 aromatic heterocycles. The Bertz CT molecular complexity index is 818. The molecule has 0 bridgehead atoms. The highest BCUT2D eigenvalue weighted by Crippen LogP contribution is 2.26. The Morgan fingerprint density at radius 1 is 1.39 bits per heavy atom. The zero-order chi connectivity index (χ0) is 21.1. The Morgan fingerprint density at radius 2 is 2.11 bits per heavy atom. The summed E-state index contributed by atoms with van der Waals surface area (Å²) >= 11 is 5.75. The van der Waals surface area contributed by atoms with Crippen molar-refractivity contribution in [2.24, 2.45) is 16.6 Å². The summed E-state index contributed by atoms with van der Waals surface area (Å²) < 4.78 is 4.78. The number of aliphatic imine (C=N–C) groups is 1. The topological polar surface area (TPSA) is 125 Å². The Kier molecular flexibility index (Phi) is 9.59. The van der Waals surface area contributed by atoms with Gasteiger partial charge in [-0.05, 0) is 25.1 Å². The molecular formula is C19H22ClN3O5. The van der Waals surface area contributed by atoms with Gasteiger partial charge in [-0.2, -0.15) is 0 Å². The van der Waals surface area contributed by atoms with Gasteiger partial charge in [0.05, 0.1) is 24.5 Å². The summed E-state index contributed by atoms with van der Waals surface area (Å²) in [5.74, 6) is -0.883. The third kappa shape index (κ3) is 7.71.